The smallest absolute Gasteiger partial charge is 0.417 e. The predicted molar refractivity (Wildman–Crippen MR) is 108 cm³/mol. The van der Waals surface area contributed by atoms with Crippen LogP contribution in [0.5, 0.6) is 11.5 Å². The highest BCUT2D eigenvalue weighted by atomic mass is 19.4. The summed E-state index contributed by atoms with van der Waals surface area (Å²) >= 11 is 0. The summed E-state index contributed by atoms with van der Waals surface area (Å²) in [5, 5.41) is 0. The topological polar surface area (TPSA) is 40.5 Å². The van der Waals surface area contributed by atoms with Gasteiger partial charge in [-0.2, -0.15) is 13.2 Å². The molecule has 3 aromatic rings. The van der Waals surface area contributed by atoms with Crippen molar-refractivity contribution in [2.24, 2.45) is 0 Å². The number of rotatable bonds is 4. The molecule has 4 nitrogen and oxygen atoms in total. The van der Waals surface area contributed by atoms with Gasteiger partial charge in [-0.05, 0) is 54.8 Å². The van der Waals surface area contributed by atoms with Crippen LogP contribution in [-0.4, -0.2) is 18.8 Å². The van der Waals surface area contributed by atoms with Crippen LogP contribution in [0.25, 0.3) is 22.3 Å². The second kappa shape index (κ2) is 7.76. The zero-order valence-corrected chi connectivity index (χ0v) is 16.8. The Hall–Kier alpha value is -3.29. The Kier molecular flexibility index (Phi) is 5.24. The fourth-order valence-corrected chi connectivity index (χ4v) is 4.01. The predicted octanol–water partition coefficient (Wildman–Crippen LogP) is 5.30. The molecule has 2 aromatic carbocycles. The number of fused-ring (bicyclic) bond motifs is 1. The minimum absolute atomic E-state index is 0.200. The van der Waals surface area contributed by atoms with Crippen LogP contribution in [-0.2, 0) is 19.1 Å². The quantitative estimate of drug-likeness (QED) is 0.524. The summed E-state index contributed by atoms with van der Waals surface area (Å²) < 4.78 is 66.9. The molecule has 0 atom stereocenters. The first kappa shape index (κ1) is 21.0. The maximum atomic E-state index is 13.9. The molecule has 0 bridgehead atoms. The van der Waals surface area contributed by atoms with E-state index in [2.05, 4.69) is 0 Å². The van der Waals surface area contributed by atoms with Crippen LogP contribution in [0, 0.1) is 5.82 Å². The zero-order chi connectivity index (χ0) is 22.3. The zero-order valence-electron chi connectivity index (χ0n) is 16.8. The minimum atomic E-state index is -4.74. The molecule has 4 rings (SSSR count). The first-order valence-electron chi connectivity index (χ1n) is 9.60. The number of alkyl halides is 3. The van der Waals surface area contributed by atoms with Gasteiger partial charge in [0.1, 0.15) is 17.3 Å². The van der Waals surface area contributed by atoms with E-state index in [9.17, 15) is 22.4 Å². The Balaban J connectivity index is 2.03. The second-order valence-corrected chi connectivity index (χ2v) is 7.27. The molecule has 0 fully saturated rings. The fourth-order valence-electron chi connectivity index (χ4n) is 4.01. The van der Waals surface area contributed by atoms with Gasteiger partial charge in [-0.3, -0.25) is 4.79 Å². The van der Waals surface area contributed by atoms with Gasteiger partial charge in [-0.1, -0.05) is 0 Å². The van der Waals surface area contributed by atoms with Gasteiger partial charge >= 0.3 is 6.18 Å². The Morgan fingerprint density at radius 1 is 0.903 bits per heavy atom. The number of hydrogen-bond donors (Lipinski definition) is 0. The lowest BCUT2D eigenvalue weighted by atomic mass is 9.95. The molecular formula is C23H19F4NO3. The molecule has 0 aliphatic carbocycles. The van der Waals surface area contributed by atoms with Crippen molar-refractivity contribution in [1.82, 2.24) is 4.57 Å². The van der Waals surface area contributed by atoms with Gasteiger partial charge < -0.3 is 14.0 Å². The van der Waals surface area contributed by atoms with Gasteiger partial charge in [0, 0.05) is 35.0 Å². The van der Waals surface area contributed by atoms with Crippen molar-refractivity contribution in [2.45, 2.75) is 25.6 Å². The average Bonchev–Trinajstić information content (AvgIpc) is 3.23. The van der Waals surface area contributed by atoms with Crippen LogP contribution in [0.1, 0.15) is 17.7 Å². The monoisotopic (exact) mass is 433 g/mol. The normalized spacial score (nSPS) is 13.2. The lowest BCUT2D eigenvalue weighted by molar-refractivity contribution is -0.137. The summed E-state index contributed by atoms with van der Waals surface area (Å²) in [4.78, 5) is 13.1. The molecule has 8 heteroatoms. The van der Waals surface area contributed by atoms with E-state index in [0.717, 1.165) is 12.1 Å². The van der Waals surface area contributed by atoms with Crippen molar-refractivity contribution in [3.63, 3.8) is 0 Å². The van der Waals surface area contributed by atoms with Gasteiger partial charge in [0.2, 0.25) is 0 Å². The Morgan fingerprint density at radius 2 is 1.58 bits per heavy atom. The van der Waals surface area contributed by atoms with E-state index in [1.54, 1.807) is 18.2 Å². The third kappa shape index (κ3) is 3.78. The molecule has 0 amide bonds. The van der Waals surface area contributed by atoms with E-state index in [0.29, 0.717) is 53.8 Å². The van der Waals surface area contributed by atoms with Gasteiger partial charge in [0.25, 0.3) is 5.56 Å². The molecule has 1 aliphatic rings. The molecule has 162 valence electrons. The van der Waals surface area contributed by atoms with E-state index >= 15 is 0 Å². The van der Waals surface area contributed by atoms with E-state index in [1.165, 1.54) is 24.9 Å². The number of nitrogens with zero attached hydrogens (tertiary/aromatic N) is 1. The average molecular weight is 433 g/mol. The summed E-state index contributed by atoms with van der Waals surface area (Å²) in [6.45, 7) is 0.382. The second-order valence-electron chi connectivity index (χ2n) is 7.27. The molecule has 1 aliphatic heterocycles. The highest BCUT2D eigenvalue weighted by Crippen LogP contribution is 2.39. The molecule has 0 radical (unpaired) electrons. The van der Waals surface area contributed by atoms with E-state index in [4.69, 9.17) is 9.47 Å². The van der Waals surface area contributed by atoms with Crippen molar-refractivity contribution in [3.05, 3.63) is 69.9 Å². The van der Waals surface area contributed by atoms with Crippen molar-refractivity contribution in [1.29, 1.82) is 0 Å². The molecular weight excluding hydrogens is 414 g/mol. The Morgan fingerprint density at radius 3 is 2.19 bits per heavy atom. The minimum Gasteiger partial charge on any atom is -0.497 e. The lowest BCUT2D eigenvalue weighted by Gasteiger charge is -2.17. The number of methoxy groups -OCH3 is 2. The molecule has 0 saturated heterocycles. The van der Waals surface area contributed by atoms with Crippen molar-refractivity contribution < 1.29 is 27.0 Å². The van der Waals surface area contributed by atoms with Crippen LogP contribution in [0.4, 0.5) is 17.6 Å². The summed E-state index contributed by atoms with van der Waals surface area (Å²) in [5.74, 6) is 0.152. The van der Waals surface area contributed by atoms with Gasteiger partial charge in [0.15, 0.2) is 0 Å². The van der Waals surface area contributed by atoms with E-state index < -0.39 is 28.7 Å². The van der Waals surface area contributed by atoms with Crippen molar-refractivity contribution >= 4 is 0 Å². The van der Waals surface area contributed by atoms with E-state index in [-0.39, 0.29) is 5.56 Å². The van der Waals surface area contributed by atoms with Crippen LogP contribution >= 0.6 is 0 Å². The van der Waals surface area contributed by atoms with Crippen LogP contribution in [0.15, 0.2) is 47.3 Å². The molecule has 2 heterocycles. The maximum absolute atomic E-state index is 13.9. The number of benzene rings is 2. The first-order chi connectivity index (χ1) is 14.7. The molecule has 0 unspecified atom stereocenters. The molecule has 1 aromatic heterocycles. The molecule has 0 spiro atoms. The van der Waals surface area contributed by atoms with Gasteiger partial charge in [-0.15, -0.1) is 0 Å². The SMILES string of the molecule is COc1cc(OC)cc(-c2cc(-c3cc(F)ccc3C(F)(F)F)c(=O)n3c2CCC3)c1. The van der Waals surface area contributed by atoms with Crippen molar-refractivity contribution in [3.8, 4) is 33.8 Å². The van der Waals surface area contributed by atoms with E-state index in [1.807, 2.05) is 0 Å². The summed E-state index contributed by atoms with van der Waals surface area (Å²) in [7, 11) is 2.98. The number of aromatic nitrogens is 1. The van der Waals surface area contributed by atoms with Gasteiger partial charge in [0.05, 0.1) is 19.8 Å². The summed E-state index contributed by atoms with van der Waals surface area (Å²) in [5.41, 5.74) is -0.366. The highest BCUT2D eigenvalue weighted by molar-refractivity contribution is 5.77. The number of hydrogen-bond acceptors (Lipinski definition) is 3. The lowest BCUT2D eigenvalue weighted by Crippen LogP contribution is -2.23. The maximum Gasteiger partial charge on any atom is 0.417 e. The largest absolute Gasteiger partial charge is 0.497 e. The molecule has 31 heavy (non-hydrogen) atoms. The first-order valence-corrected chi connectivity index (χ1v) is 9.60. The molecule has 0 N–H and O–H groups in total. The Labute approximate surface area is 175 Å². The Bertz CT molecular complexity index is 1190. The number of ether oxygens (including phenoxy) is 2. The fraction of sp³-hybridized carbons (Fsp3) is 0.261. The summed E-state index contributed by atoms with van der Waals surface area (Å²) in [6, 6.07) is 8.70. The molecule has 0 saturated carbocycles. The number of halogens is 4. The third-order valence-corrected chi connectivity index (χ3v) is 5.44. The summed E-state index contributed by atoms with van der Waals surface area (Å²) in [6.07, 6.45) is -3.46. The van der Waals surface area contributed by atoms with Gasteiger partial charge in [-0.25, -0.2) is 4.39 Å². The number of pyridine rings is 1. The van der Waals surface area contributed by atoms with Crippen LogP contribution in [0.2, 0.25) is 0 Å². The van der Waals surface area contributed by atoms with Crippen LogP contribution in [0.3, 0.4) is 0 Å². The van der Waals surface area contributed by atoms with Crippen LogP contribution < -0.4 is 15.0 Å². The standard InChI is InChI=1S/C23H19F4NO3/c1-30-15-8-13(9-16(11-15)31-2)17-12-19(22(29)28-7-3-4-21(17)28)18-10-14(24)5-6-20(18)23(25,26)27/h5-6,8-12H,3-4,7H2,1-2H3. The van der Waals surface area contributed by atoms with Crippen molar-refractivity contribution in [2.75, 3.05) is 14.2 Å². The highest BCUT2D eigenvalue weighted by Gasteiger charge is 2.35. The third-order valence-electron chi connectivity index (χ3n) is 5.44.